The zero-order valence-corrected chi connectivity index (χ0v) is 19.7. The second-order valence-corrected chi connectivity index (χ2v) is 8.47. The molecule has 1 aliphatic rings. The van der Waals surface area contributed by atoms with Gasteiger partial charge in [0, 0.05) is 24.6 Å². The molecule has 2 aromatic carbocycles. The predicted octanol–water partition coefficient (Wildman–Crippen LogP) is 4.63. The lowest BCUT2D eigenvalue weighted by atomic mass is 9.93. The van der Waals surface area contributed by atoms with E-state index in [1.807, 2.05) is 0 Å². The molecule has 1 aromatic heterocycles. The Morgan fingerprint density at radius 3 is 2.68 bits per heavy atom. The topological polar surface area (TPSA) is 94.6 Å². The number of halogens is 2. The molecule has 1 fully saturated rings. The summed E-state index contributed by atoms with van der Waals surface area (Å²) in [7, 11) is 3.07. The molecule has 0 aliphatic heterocycles. The highest BCUT2D eigenvalue weighted by Crippen LogP contribution is 2.37. The molecule has 1 heterocycles. The van der Waals surface area contributed by atoms with E-state index in [0.29, 0.717) is 28.2 Å². The molecule has 0 unspecified atom stereocenters. The van der Waals surface area contributed by atoms with Gasteiger partial charge in [-0.05, 0) is 43.9 Å². The summed E-state index contributed by atoms with van der Waals surface area (Å²) in [6, 6.07) is 8.39. The Morgan fingerprint density at radius 2 is 1.94 bits per heavy atom. The van der Waals surface area contributed by atoms with E-state index in [-0.39, 0.29) is 35.4 Å². The molecule has 0 atom stereocenters. The number of carbonyl (C=O) groups is 1. The molecule has 3 aromatic rings. The summed E-state index contributed by atoms with van der Waals surface area (Å²) in [6.45, 7) is 0.0578. The van der Waals surface area contributed by atoms with E-state index in [2.05, 4.69) is 20.6 Å². The average molecular weight is 489 g/mol. The van der Waals surface area contributed by atoms with Crippen LogP contribution in [0.1, 0.15) is 25.7 Å². The molecule has 8 nitrogen and oxygen atoms in total. The quantitative estimate of drug-likeness (QED) is 0.477. The first-order valence-corrected chi connectivity index (χ1v) is 11.3. The van der Waals surface area contributed by atoms with Gasteiger partial charge in [0.25, 0.3) is 0 Å². The molecule has 4 rings (SSSR count). The Kier molecular flexibility index (Phi) is 7.64. The lowest BCUT2D eigenvalue weighted by molar-refractivity contribution is -0.125. The number of aromatic nitrogens is 2. The van der Waals surface area contributed by atoms with E-state index in [9.17, 15) is 9.18 Å². The highest BCUT2D eigenvalue weighted by Gasteiger charge is 2.25. The minimum absolute atomic E-state index is 0.0167. The molecular formula is C24H26ClFN4O4. The second-order valence-electron chi connectivity index (χ2n) is 8.06. The monoisotopic (exact) mass is 488 g/mol. The third kappa shape index (κ3) is 5.48. The van der Waals surface area contributed by atoms with Crippen LogP contribution in [0.5, 0.6) is 11.5 Å². The zero-order chi connectivity index (χ0) is 24.1. The van der Waals surface area contributed by atoms with Crippen molar-refractivity contribution in [3.8, 4) is 11.5 Å². The van der Waals surface area contributed by atoms with Crippen LogP contribution >= 0.6 is 11.6 Å². The zero-order valence-electron chi connectivity index (χ0n) is 18.9. The number of rotatable bonds is 8. The van der Waals surface area contributed by atoms with Crippen molar-refractivity contribution in [2.45, 2.75) is 37.8 Å². The number of amides is 1. The van der Waals surface area contributed by atoms with Crippen molar-refractivity contribution in [2.24, 2.45) is 0 Å². The number of methoxy groups -OCH3 is 2. The third-order valence-electron chi connectivity index (χ3n) is 5.73. The number of hydrogen-bond donors (Lipinski definition) is 2. The molecule has 180 valence electrons. The summed E-state index contributed by atoms with van der Waals surface area (Å²) in [4.78, 5) is 20.4. The van der Waals surface area contributed by atoms with Crippen molar-refractivity contribution in [1.29, 1.82) is 0 Å². The fraction of sp³-hybridized carbons (Fsp3) is 0.375. The third-order valence-corrected chi connectivity index (χ3v) is 6.03. The average Bonchev–Trinajstić information content (AvgIpc) is 2.83. The van der Waals surface area contributed by atoms with Gasteiger partial charge in [-0.15, -0.1) is 0 Å². The molecule has 1 aliphatic carbocycles. The van der Waals surface area contributed by atoms with Crippen LogP contribution in [0.4, 0.5) is 15.9 Å². The van der Waals surface area contributed by atoms with E-state index in [0.717, 1.165) is 25.7 Å². The Labute approximate surface area is 201 Å². The Hall–Kier alpha value is -3.17. The number of nitrogens with one attached hydrogen (secondary N) is 2. The maximum Gasteiger partial charge on any atom is 0.246 e. The largest absolute Gasteiger partial charge is 0.493 e. The van der Waals surface area contributed by atoms with Crippen LogP contribution in [0.2, 0.25) is 5.02 Å². The first-order chi connectivity index (χ1) is 16.5. The van der Waals surface area contributed by atoms with Gasteiger partial charge in [0.2, 0.25) is 5.91 Å². The summed E-state index contributed by atoms with van der Waals surface area (Å²) in [6.07, 6.45) is 4.53. The lowest BCUT2D eigenvalue weighted by Crippen LogP contribution is -2.41. The number of benzene rings is 2. The maximum atomic E-state index is 14.4. The molecule has 0 saturated heterocycles. The molecule has 1 saturated carbocycles. The highest BCUT2D eigenvalue weighted by molar-refractivity contribution is 6.31. The van der Waals surface area contributed by atoms with E-state index in [1.165, 1.54) is 19.5 Å². The minimum Gasteiger partial charge on any atom is -0.493 e. The van der Waals surface area contributed by atoms with E-state index < -0.39 is 5.82 Å². The van der Waals surface area contributed by atoms with Crippen LogP contribution < -0.4 is 20.1 Å². The van der Waals surface area contributed by atoms with Crippen molar-refractivity contribution >= 4 is 39.9 Å². The summed E-state index contributed by atoms with van der Waals surface area (Å²) in [5.41, 5.74) is 0.827. The van der Waals surface area contributed by atoms with Crippen molar-refractivity contribution in [1.82, 2.24) is 15.3 Å². The van der Waals surface area contributed by atoms with E-state index >= 15 is 0 Å². The standard InChI is InChI=1S/C24H26ClFN4O4/c1-32-12-22(31)29-14-6-8-15(9-7-14)34-21-10-16-19(11-20(21)33-2)27-13-28-24(16)30-18-5-3-4-17(25)23(18)26/h3-5,10-11,13-15H,6-9,12H2,1-2H3,(H,29,31)(H,27,28,30)/t14-,15+. The van der Waals surface area contributed by atoms with Crippen LogP contribution in [0.15, 0.2) is 36.7 Å². The molecule has 10 heteroatoms. The summed E-state index contributed by atoms with van der Waals surface area (Å²) >= 11 is 5.91. The SMILES string of the molecule is COCC(=O)N[C@H]1CC[C@@H](Oc2cc3c(Nc4cccc(Cl)c4F)ncnc3cc2OC)CC1. The first kappa shape index (κ1) is 24.0. The molecule has 34 heavy (non-hydrogen) atoms. The molecule has 0 radical (unpaired) electrons. The first-order valence-electron chi connectivity index (χ1n) is 11.0. The summed E-state index contributed by atoms with van der Waals surface area (Å²) in [5.74, 6) is 0.839. The second kappa shape index (κ2) is 10.8. The molecule has 0 bridgehead atoms. The van der Waals surface area contributed by atoms with Crippen molar-refractivity contribution < 1.29 is 23.4 Å². The van der Waals surface area contributed by atoms with Crippen LogP contribution in [0.3, 0.4) is 0 Å². The number of ether oxygens (including phenoxy) is 3. The predicted molar refractivity (Wildman–Crippen MR) is 127 cm³/mol. The molecular weight excluding hydrogens is 463 g/mol. The number of anilines is 2. The highest BCUT2D eigenvalue weighted by atomic mass is 35.5. The number of nitrogens with zero attached hydrogens (tertiary/aromatic N) is 2. The van der Waals surface area contributed by atoms with E-state index in [4.69, 9.17) is 25.8 Å². The molecule has 2 N–H and O–H groups in total. The fourth-order valence-electron chi connectivity index (χ4n) is 4.05. The maximum absolute atomic E-state index is 14.4. The number of carbonyl (C=O) groups excluding carboxylic acids is 1. The fourth-order valence-corrected chi connectivity index (χ4v) is 4.22. The van der Waals surface area contributed by atoms with Gasteiger partial charge in [0.05, 0.1) is 29.4 Å². The Morgan fingerprint density at radius 1 is 1.15 bits per heavy atom. The van der Waals surface area contributed by atoms with Gasteiger partial charge in [0.15, 0.2) is 17.3 Å². The Bertz CT molecular complexity index is 1170. The van der Waals surface area contributed by atoms with Crippen molar-refractivity contribution in [3.63, 3.8) is 0 Å². The number of fused-ring (bicyclic) bond motifs is 1. The summed E-state index contributed by atoms with van der Waals surface area (Å²) < 4.78 is 31.1. The van der Waals surface area contributed by atoms with Gasteiger partial charge in [0.1, 0.15) is 18.8 Å². The number of hydrogen-bond acceptors (Lipinski definition) is 7. The Balaban J connectivity index is 1.53. The van der Waals surface area contributed by atoms with Crippen LogP contribution in [-0.4, -0.2) is 48.8 Å². The van der Waals surface area contributed by atoms with Gasteiger partial charge in [-0.1, -0.05) is 17.7 Å². The van der Waals surface area contributed by atoms with E-state index in [1.54, 1.807) is 31.4 Å². The normalized spacial score (nSPS) is 17.9. The smallest absolute Gasteiger partial charge is 0.246 e. The van der Waals surface area contributed by atoms with Gasteiger partial charge in [-0.25, -0.2) is 14.4 Å². The van der Waals surface area contributed by atoms with Gasteiger partial charge >= 0.3 is 0 Å². The van der Waals surface area contributed by atoms with Crippen LogP contribution in [0.25, 0.3) is 10.9 Å². The van der Waals surface area contributed by atoms with Gasteiger partial charge in [-0.2, -0.15) is 0 Å². The minimum atomic E-state index is -0.560. The molecule has 0 spiro atoms. The van der Waals surface area contributed by atoms with Crippen LogP contribution in [0, 0.1) is 5.82 Å². The van der Waals surface area contributed by atoms with Crippen molar-refractivity contribution in [2.75, 3.05) is 26.1 Å². The molecule has 1 amide bonds. The van der Waals surface area contributed by atoms with Crippen molar-refractivity contribution in [3.05, 3.63) is 47.5 Å². The lowest BCUT2D eigenvalue weighted by Gasteiger charge is -2.30. The van der Waals surface area contributed by atoms with Gasteiger partial charge < -0.3 is 24.8 Å². The van der Waals surface area contributed by atoms with Crippen LogP contribution in [-0.2, 0) is 9.53 Å². The van der Waals surface area contributed by atoms with Gasteiger partial charge in [-0.3, -0.25) is 4.79 Å². The summed E-state index contributed by atoms with van der Waals surface area (Å²) in [5, 5.41) is 6.65.